The van der Waals surface area contributed by atoms with Crippen LogP contribution in [0.5, 0.6) is 0 Å². The van der Waals surface area contributed by atoms with Crippen molar-refractivity contribution in [3.8, 4) is 0 Å². The Labute approximate surface area is 148 Å². The fourth-order valence-electron chi connectivity index (χ4n) is 3.41. The van der Waals surface area contributed by atoms with E-state index in [2.05, 4.69) is 31.5 Å². The molecule has 24 heavy (non-hydrogen) atoms. The van der Waals surface area contributed by atoms with Gasteiger partial charge < -0.3 is 15.5 Å². The summed E-state index contributed by atoms with van der Waals surface area (Å²) in [7, 11) is 0. The topological polar surface area (TPSA) is 61.4 Å². The largest absolute Gasteiger partial charge is 0.356 e. The van der Waals surface area contributed by atoms with Gasteiger partial charge in [0.25, 0.3) is 5.91 Å². The average Bonchev–Trinajstić information content (AvgIpc) is 3.00. The van der Waals surface area contributed by atoms with Crippen molar-refractivity contribution >= 4 is 39.1 Å². The van der Waals surface area contributed by atoms with Gasteiger partial charge in [-0.3, -0.25) is 9.59 Å². The van der Waals surface area contributed by atoms with E-state index in [1.54, 1.807) is 6.07 Å². The average molecular weight is 386 g/mol. The summed E-state index contributed by atoms with van der Waals surface area (Å²) in [6.07, 6.45) is 0.608. The molecule has 2 atom stereocenters. The maximum absolute atomic E-state index is 12.5. The number of rotatable bonds is 2. The van der Waals surface area contributed by atoms with Crippen molar-refractivity contribution in [3.05, 3.63) is 58.6 Å². The lowest BCUT2D eigenvalue weighted by atomic mass is 10.1. The highest BCUT2D eigenvalue weighted by atomic mass is 79.9. The van der Waals surface area contributed by atoms with Crippen LogP contribution in [-0.2, 0) is 4.79 Å². The fraction of sp³-hybridized carbons (Fsp3) is 0.222. The molecule has 0 bridgehead atoms. The molecule has 0 aliphatic carbocycles. The molecule has 2 aromatic rings. The van der Waals surface area contributed by atoms with Crippen molar-refractivity contribution in [2.45, 2.75) is 18.5 Å². The van der Waals surface area contributed by atoms with Crippen LogP contribution < -0.4 is 15.5 Å². The van der Waals surface area contributed by atoms with Gasteiger partial charge in [-0.25, -0.2) is 0 Å². The zero-order chi connectivity index (χ0) is 16.7. The van der Waals surface area contributed by atoms with E-state index < -0.39 is 0 Å². The molecular weight excluding hydrogens is 370 g/mol. The molecule has 2 unspecified atom stereocenters. The minimum Gasteiger partial charge on any atom is -0.356 e. The minimum atomic E-state index is -0.232. The van der Waals surface area contributed by atoms with Crippen LogP contribution >= 0.6 is 15.9 Å². The summed E-state index contributed by atoms with van der Waals surface area (Å²) in [4.78, 5) is 26.9. The van der Waals surface area contributed by atoms with Crippen molar-refractivity contribution in [2.75, 3.05) is 16.8 Å². The maximum atomic E-state index is 12.5. The Hall–Kier alpha value is -2.34. The van der Waals surface area contributed by atoms with Crippen LogP contribution in [0.15, 0.2) is 53.0 Å². The quantitative estimate of drug-likeness (QED) is 0.835. The second kappa shape index (κ2) is 5.94. The zero-order valence-corrected chi connectivity index (χ0v) is 14.4. The lowest BCUT2D eigenvalue weighted by Gasteiger charge is -2.32. The molecule has 2 aromatic carbocycles. The first-order chi connectivity index (χ1) is 11.6. The molecule has 1 fully saturated rings. The van der Waals surface area contributed by atoms with Gasteiger partial charge in [-0.1, -0.05) is 24.3 Å². The molecule has 0 saturated carbocycles. The van der Waals surface area contributed by atoms with Crippen LogP contribution in [0, 0.1) is 0 Å². The fourth-order valence-corrected chi connectivity index (χ4v) is 3.87. The molecule has 122 valence electrons. The molecule has 1 saturated heterocycles. The van der Waals surface area contributed by atoms with Crippen molar-refractivity contribution in [1.82, 2.24) is 5.32 Å². The van der Waals surface area contributed by atoms with Gasteiger partial charge in [0.1, 0.15) is 6.04 Å². The van der Waals surface area contributed by atoms with Crippen molar-refractivity contribution in [1.29, 1.82) is 0 Å². The van der Waals surface area contributed by atoms with E-state index in [0.717, 1.165) is 15.8 Å². The Morgan fingerprint density at radius 3 is 2.75 bits per heavy atom. The Bertz CT molecular complexity index is 823. The monoisotopic (exact) mass is 385 g/mol. The van der Waals surface area contributed by atoms with E-state index in [1.165, 1.54) is 0 Å². The molecular formula is C18H16BrN3O2. The molecule has 2 aliphatic heterocycles. The number of benzene rings is 2. The first-order valence-electron chi connectivity index (χ1n) is 7.85. The third kappa shape index (κ3) is 2.57. The number of hydrogen-bond donors (Lipinski definition) is 2. The van der Waals surface area contributed by atoms with Gasteiger partial charge in [-0.05, 0) is 46.6 Å². The van der Waals surface area contributed by atoms with Gasteiger partial charge in [0.15, 0.2) is 0 Å². The first-order valence-corrected chi connectivity index (χ1v) is 8.65. The molecule has 0 radical (unpaired) electrons. The second-order valence-electron chi connectivity index (χ2n) is 6.06. The molecule has 2 N–H and O–H groups in total. The smallest absolute Gasteiger partial charge is 0.252 e. The molecule has 0 aromatic heterocycles. The van der Waals surface area contributed by atoms with Crippen LogP contribution in [0.2, 0.25) is 0 Å². The lowest BCUT2D eigenvalue weighted by molar-refractivity contribution is -0.117. The Balaban J connectivity index is 1.54. The third-order valence-corrected chi connectivity index (χ3v) is 5.22. The number of fused-ring (bicyclic) bond motifs is 3. The first kappa shape index (κ1) is 15.2. The number of halogens is 1. The third-order valence-electron chi connectivity index (χ3n) is 4.53. The maximum Gasteiger partial charge on any atom is 0.252 e. The summed E-state index contributed by atoms with van der Waals surface area (Å²) in [5, 5.41) is 6.00. The van der Waals surface area contributed by atoms with Gasteiger partial charge in [0.2, 0.25) is 5.91 Å². The highest BCUT2D eigenvalue weighted by Gasteiger charge is 2.41. The summed E-state index contributed by atoms with van der Waals surface area (Å²) in [5.74, 6) is -0.132. The summed E-state index contributed by atoms with van der Waals surface area (Å²) >= 11 is 3.40. The summed E-state index contributed by atoms with van der Waals surface area (Å²) in [6.45, 7) is 0.630. The standard InChI is InChI=1S/C18H16BrN3O2/c19-13-6-2-1-5-12(13)17(23)20-11-9-16-18(24)21-14-7-3-4-8-15(14)22(16)10-11/h1-8,11,16H,9-10H2,(H,20,23)(H,21,24). The van der Waals surface area contributed by atoms with Crippen molar-refractivity contribution in [3.63, 3.8) is 0 Å². The van der Waals surface area contributed by atoms with Gasteiger partial charge in [-0.15, -0.1) is 0 Å². The van der Waals surface area contributed by atoms with Gasteiger partial charge in [0, 0.05) is 17.1 Å². The Kier molecular flexibility index (Phi) is 3.76. The van der Waals surface area contributed by atoms with Gasteiger partial charge in [-0.2, -0.15) is 0 Å². The van der Waals surface area contributed by atoms with E-state index in [-0.39, 0.29) is 23.9 Å². The Morgan fingerprint density at radius 1 is 1.17 bits per heavy atom. The van der Waals surface area contributed by atoms with E-state index in [4.69, 9.17) is 0 Å². The minimum absolute atomic E-state index is 0.00802. The number of amides is 2. The predicted octanol–water partition coefficient (Wildman–Crippen LogP) is 2.78. The van der Waals surface area contributed by atoms with Gasteiger partial charge >= 0.3 is 0 Å². The molecule has 6 heteroatoms. The normalized spacial score (nSPS) is 21.7. The molecule has 2 aliphatic rings. The second-order valence-corrected chi connectivity index (χ2v) is 6.91. The van der Waals surface area contributed by atoms with Crippen LogP contribution in [0.3, 0.4) is 0 Å². The van der Waals surface area contributed by atoms with E-state index in [0.29, 0.717) is 18.5 Å². The predicted molar refractivity (Wildman–Crippen MR) is 96.2 cm³/mol. The van der Waals surface area contributed by atoms with Gasteiger partial charge in [0.05, 0.1) is 16.9 Å². The van der Waals surface area contributed by atoms with Crippen LogP contribution in [-0.4, -0.2) is 30.4 Å². The highest BCUT2D eigenvalue weighted by Crippen LogP contribution is 2.36. The number of nitrogens with one attached hydrogen (secondary N) is 2. The van der Waals surface area contributed by atoms with Crippen molar-refractivity contribution < 1.29 is 9.59 Å². The van der Waals surface area contributed by atoms with E-state index in [1.807, 2.05) is 42.5 Å². The Morgan fingerprint density at radius 2 is 1.92 bits per heavy atom. The van der Waals surface area contributed by atoms with E-state index >= 15 is 0 Å². The summed E-state index contributed by atoms with van der Waals surface area (Å²) in [6, 6.07) is 14.8. The van der Waals surface area contributed by atoms with E-state index in [9.17, 15) is 9.59 Å². The zero-order valence-electron chi connectivity index (χ0n) is 12.8. The number of nitrogens with zero attached hydrogens (tertiary/aromatic N) is 1. The molecule has 2 heterocycles. The summed E-state index contributed by atoms with van der Waals surface area (Å²) < 4.78 is 0.765. The number of para-hydroxylation sites is 2. The number of hydrogen-bond acceptors (Lipinski definition) is 3. The lowest BCUT2D eigenvalue weighted by Crippen LogP contribution is -2.44. The molecule has 4 rings (SSSR count). The number of carbonyl (C=O) groups excluding carboxylic acids is 2. The molecule has 2 amide bonds. The SMILES string of the molecule is O=C(NC1CC2C(=O)Nc3ccccc3N2C1)c1ccccc1Br. The number of carbonyl (C=O) groups is 2. The highest BCUT2D eigenvalue weighted by molar-refractivity contribution is 9.10. The molecule has 0 spiro atoms. The van der Waals surface area contributed by atoms with Crippen LogP contribution in [0.1, 0.15) is 16.8 Å². The van der Waals surface area contributed by atoms with Crippen molar-refractivity contribution in [2.24, 2.45) is 0 Å². The summed E-state index contributed by atoms with van der Waals surface area (Å²) in [5.41, 5.74) is 2.45. The molecule has 5 nitrogen and oxygen atoms in total. The van der Waals surface area contributed by atoms with Crippen LogP contribution in [0.4, 0.5) is 11.4 Å². The van der Waals surface area contributed by atoms with Crippen LogP contribution in [0.25, 0.3) is 0 Å². The number of anilines is 2.